The Morgan fingerprint density at radius 2 is 1.78 bits per heavy atom. The van der Waals surface area contributed by atoms with Crippen molar-refractivity contribution in [3.63, 3.8) is 0 Å². The summed E-state index contributed by atoms with van der Waals surface area (Å²) in [7, 11) is 3.09. The minimum Gasteiger partial charge on any atom is -0.480 e. The van der Waals surface area contributed by atoms with Gasteiger partial charge in [0.1, 0.15) is 0 Å². The van der Waals surface area contributed by atoms with Gasteiger partial charge in [0, 0.05) is 54.1 Å². The van der Waals surface area contributed by atoms with E-state index in [4.69, 9.17) is 9.72 Å². The van der Waals surface area contributed by atoms with Crippen LogP contribution in [0.2, 0.25) is 0 Å². The van der Waals surface area contributed by atoms with Gasteiger partial charge in [0.15, 0.2) is 17.3 Å². The number of fused-ring (bicyclic) bond motifs is 1. The number of hydrogen-bond acceptors (Lipinski definition) is 8. The molecular formula is C26H22N8O3. The number of carbonyl (C=O) groups excluding carboxylic acids is 2. The summed E-state index contributed by atoms with van der Waals surface area (Å²) in [5, 5.41) is 16.6. The van der Waals surface area contributed by atoms with Crippen LogP contribution in [-0.2, 0) is 0 Å². The van der Waals surface area contributed by atoms with Crippen molar-refractivity contribution in [3.8, 4) is 17.1 Å². The van der Waals surface area contributed by atoms with Gasteiger partial charge in [-0.1, -0.05) is 12.1 Å². The van der Waals surface area contributed by atoms with Crippen LogP contribution < -0.4 is 20.7 Å². The molecule has 0 saturated heterocycles. The molecule has 0 aliphatic rings. The van der Waals surface area contributed by atoms with E-state index in [2.05, 4.69) is 31.1 Å². The molecule has 2 aromatic carbocycles. The molecule has 11 heteroatoms. The fraction of sp³-hybridized carbons (Fsp3) is 0.0769. The number of anilines is 3. The van der Waals surface area contributed by atoms with Crippen LogP contribution in [0.5, 0.6) is 5.88 Å². The number of rotatable bonds is 7. The highest BCUT2D eigenvalue weighted by molar-refractivity contribution is 6.05. The summed E-state index contributed by atoms with van der Waals surface area (Å²) < 4.78 is 6.89. The fourth-order valence-corrected chi connectivity index (χ4v) is 3.64. The van der Waals surface area contributed by atoms with E-state index in [1.807, 2.05) is 22.9 Å². The van der Waals surface area contributed by atoms with Crippen LogP contribution in [0, 0.1) is 0 Å². The van der Waals surface area contributed by atoms with Crippen LogP contribution in [0.4, 0.5) is 17.3 Å². The van der Waals surface area contributed by atoms with E-state index in [0.717, 1.165) is 5.56 Å². The molecule has 3 N–H and O–H groups in total. The van der Waals surface area contributed by atoms with Crippen LogP contribution in [0.3, 0.4) is 0 Å². The zero-order chi connectivity index (χ0) is 25.8. The first-order valence-corrected chi connectivity index (χ1v) is 11.3. The second-order valence-corrected chi connectivity index (χ2v) is 7.91. The van der Waals surface area contributed by atoms with Crippen LogP contribution in [-0.4, -0.2) is 50.5 Å². The highest BCUT2D eigenvalue weighted by atomic mass is 16.5. The monoisotopic (exact) mass is 494 g/mol. The average molecular weight is 495 g/mol. The summed E-state index contributed by atoms with van der Waals surface area (Å²) in [4.78, 5) is 33.8. The van der Waals surface area contributed by atoms with Crippen LogP contribution in [0.1, 0.15) is 20.7 Å². The molecule has 0 atom stereocenters. The van der Waals surface area contributed by atoms with Crippen molar-refractivity contribution in [2.24, 2.45) is 0 Å². The zero-order valence-corrected chi connectivity index (χ0v) is 20.0. The third kappa shape index (κ3) is 5.05. The van der Waals surface area contributed by atoms with E-state index in [1.165, 1.54) is 7.11 Å². The zero-order valence-electron chi connectivity index (χ0n) is 20.0. The average Bonchev–Trinajstić information content (AvgIpc) is 3.43. The molecule has 3 heterocycles. The van der Waals surface area contributed by atoms with Crippen LogP contribution >= 0.6 is 0 Å². The Morgan fingerprint density at radius 3 is 2.51 bits per heavy atom. The van der Waals surface area contributed by atoms with Gasteiger partial charge in [-0.3, -0.25) is 9.59 Å². The number of aromatic nitrogens is 5. The first-order valence-electron chi connectivity index (χ1n) is 11.3. The summed E-state index contributed by atoms with van der Waals surface area (Å²) in [6, 6.07) is 17.2. The Bertz CT molecular complexity index is 1580. The molecule has 184 valence electrons. The standard InChI is InChI=1S/C26H22N8O3/c1-27-25(35)16-6-8-19(9-7-16)29-26(36)18-5-3-4-17(14-18)20-15-34-13-12-28-24(34)23(30-20)31-21-10-11-22(37-2)33-32-21/h3-15H,1-2H3,(H,27,35)(H,29,36)(H,30,31,32). The number of amides is 2. The third-order valence-corrected chi connectivity index (χ3v) is 5.52. The molecule has 0 radical (unpaired) electrons. The molecule has 0 bridgehead atoms. The number of nitrogens with one attached hydrogen (secondary N) is 3. The fourth-order valence-electron chi connectivity index (χ4n) is 3.64. The largest absolute Gasteiger partial charge is 0.480 e. The molecule has 3 aromatic heterocycles. The van der Waals surface area contributed by atoms with Gasteiger partial charge in [-0.25, -0.2) is 9.97 Å². The Kier molecular flexibility index (Phi) is 6.41. The van der Waals surface area contributed by atoms with E-state index in [0.29, 0.717) is 45.7 Å². The predicted octanol–water partition coefficient (Wildman–Crippen LogP) is 3.55. The van der Waals surface area contributed by atoms with Gasteiger partial charge >= 0.3 is 0 Å². The van der Waals surface area contributed by atoms with E-state index in [9.17, 15) is 9.59 Å². The summed E-state index contributed by atoms with van der Waals surface area (Å²) in [6.45, 7) is 0. The van der Waals surface area contributed by atoms with Gasteiger partial charge < -0.3 is 25.1 Å². The molecular weight excluding hydrogens is 472 g/mol. The van der Waals surface area contributed by atoms with E-state index in [1.54, 1.807) is 67.8 Å². The molecule has 0 aliphatic heterocycles. The van der Waals surface area contributed by atoms with Crippen molar-refractivity contribution >= 4 is 34.8 Å². The van der Waals surface area contributed by atoms with Crippen LogP contribution in [0.25, 0.3) is 16.9 Å². The van der Waals surface area contributed by atoms with E-state index >= 15 is 0 Å². The minimum atomic E-state index is -0.287. The topological polar surface area (TPSA) is 135 Å². The number of hydrogen-bond donors (Lipinski definition) is 3. The number of nitrogens with zero attached hydrogens (tertiary/aromatic N) is 5. The van der Waals surface area contributed by atoms with E-state index < -0.39 is 0 Å². The lowest BCUT2D eigenvalue weighted by atomic mass is 10.1. The first-order chi connectivity index (χ1) is 18.0. The number of ether oxygens (including phenoxy) is 1. The van der Waals surface area contributed by atoms with Gasteiger partial charge in [-0.2, -0.15) is 0 Å². The molecule has 0 unspecified atom stereocenters. The Balaban J connectivity index is 1.41. The molecule has 5 aromatic rings. The Labute approximate surface area is 211 Å². The highest BCUT2D eigenvalue weighted by Crippen LogP contribution is 2.25. The maximum Gasteiger partial charge on any atom is 0.255 e. The van der Waals surface area contributed by atoms with Crippen molar-refractivity contribution in [2.75, 3.05) is 24.8 Å². The molecule has 37 heavy (non-hydrogen) atoms. The summed E-state index contributed by atoms with van der Waals surface area (Å²) >= 11 is 0. The van der Waals surface area contributed by atoms with Gasteiger partial charge in [0.25, 0.3) is 11.8 Å². The van der Waals surface area contributed by atoms with Crippen molar-refractivity contribution < 1.29 is 14.3 Å². The molecule has 5 rings (SSSR count). The number of imidazole rings is 1. The molecule has 0 aliphatic carbocycles. The normalized spacial score (nSPS) is 10.6. The van der Waals surface area contributed by atoms with Gasteiger partial charge in [0.2, 0.25) is 5.88 Å². The van der Waals surface area contributed by atoms with Gasteiger partial charge in [-0.15, -0.1) is 10.2 Å². The third-order valence-electron chi connectivity index (χ3n) is 5.52. The smallest absolute Gasteiger partial charge is 0.255 e. The van der Waals surface area contributed by atoms with Crippen molar-refractivity contribution in [2.45, 2.75) is 0 Å². The molecule has 0 spiro atoms. The van der Waals surface area contributed by atoms with Crippen molar-refractivity contribution in [1.82, 2.24) is 29.9 Å². The lowest BCUT2D eigenvalue weighted by Crippen LogP contribution is -2.17. The maximum absolute atomic E-state index is 12.9. The quantitative estimate of drug-likeness (QED) is 0.313. The predicted molar refractivity (Wildman–Crippen MR) is 138 cm³/mol. The number of methoxy groups -OCH3 is 1. The Hall–Kier alpha value is -5.32. The first kappa shape index (κ1) is 23.4. The number of benzene rings is 2. The SMILES string of the molecule is CNC(=O)c1ccc(NC(=O)c2cccc(-c3cn4ccnc4c(Nc4ccc(OC)nn4)n3)c2)cc1. The van der Waals surface area contributed by atoms with Gasteiger partial charge in [-0.05, 0) is 42.5 Å². The Morgan fingerprint density at radius 1 is 0.946 bits per heavy atom. The summed E-state index contributed by atoms with van der Waals surface area (Å²) in [6.07, 6.45) is 5.32. The lowest BCUT2D eigenvalue weighted by molar-refractivity contribution is 0.0962. The molecule has 11 nitrogen and oxygen atoms in total. The summed E-state index contributed by atoms with van der Waals surface area (Å²) in [5.74, 6) is 0.876. The van der Waals surface area contributed by atoms with Crippen molar-refractivity contribution in [3.05, 3.63) is 90.4 Å². The van der Waals surface area contributed by atoms with Gasteiger partial charge in [0.05, 0.1) is 12.8 Å². The van der Waals surface area contributed by atoms with E-state index in [-0.39, 0.29) is 11.8 Å². The number of carbonyl (C=O) groups is 2. The molecule has 2 amide bonds. The lowest BCUT2D eigenvalue weighted by Gasteiger charge is -2.11. The van der Waals surface area contributed by atoms with Crippen molar-refractivity contribution in [1.29, 1.82) is 0 Å². The molecule has 0 saturated carbocycles. The van der Waals surface area contributed by atoms with Crippen LogP contribution in [0.15, 0.2) is 79.3 Å². The highest BCUT2D eigenvalue weighted by Gasteiger charge is 2.13. The second-order valence-electron chi connectivity index (χ2n) is 7.91. The minimum absolute atomic E-state index is 0.194. The second kappa shape index (κ2) is 10.1. The molecule has 0 fully saturated rings. The maximum atomic E-state index is 12.9. The summed E-state index contributed by atoms with van der Waals surface area (Å²) in [5.41, 5.74) is 3.51.